The average Bonchev–Trinajstić information content (AvgIpc) is 3.15. The van der Waals surface area contributed by atoms with E-state index in [0.717, 1.165) is 66.8 Å². The third kappa shape index (κ3) is 5.05. The third-order valence-electron chi connectivity index (χ3n) is 8.38. The van der Waals surface area contributed by atoms with Crippen molar-refractivity contribution in [1.82, 2.24) is 0 Å². The van der Waals surface area contributed by atoms with Crippen molar-refractivity contribution in [3.8, 4) is 78.9 Å². The van der Waals surface area contributed by atoms with Gasteiger partial charge in [-0.25, -0.2) is 0 Å². The zero-order chi connectivity index (χ0) is 31.3. The van der Waals surface area contributed by atoms with Crippen molar-refractivity contribution in [3.05, 3.63) is 181 Å². The second-order valence-corrected chi connectivity index (χ2v) is 11.0. The van der Waals surface area contributed by atoms with Crippen molar-refractivity contribution in [3.63, 3.8) is 0 Å². The van der Waals surface area contributed by atoms with Crippen LogP contribution in [0.1, 0.15) is 11.1 Å². The molecular formula is C44H28N2. The minimum Gasteiger partial charge on any atom is -0.192 e. The van der Waals surface area contributed by atoms with Crippen molar-refractivity contribution >= 4 is 0 Å². The molecule has 0 aliphatic heterocycles. The van der Waals surface area contributed by atoms with Gasteiger partial charge in [0.05, 0.1) is 11.1 Å². The van der Waals surface area contributed by atoms with Crippen LogP contribution in [0.25, 0.3) is 66.8 Å². The molecule has 2 heteroatoms. The lowest BCUT2D eigenvalue weighted by Gasteiger charge is -2.29. The maximum Gasteiger partial charge on any atom is 0.101 e. The number of nitriles is 2. The Hall–Kier alpha value is -6.48. The highest BCUT2D eigenvalue weighted by atomic mass is 14.3. The molecule has 214 valence electrons. The second kappa shape index (κ2) is 12.6. The Morgan fingerprint density at radius 1 is 0.283 bits per heavy atom. The van der Waals surface area contributed by atoms with Crippen molar-refractivity contribution < 1.29 is 0 Å². The molecule has 0 aliphatic rings. The summed E-state index contributed by atoms with van der Waals surface area (Å²) in [6, 6.07) is 62.7. The highest BCUT2D eigenvalue weighted by molar-refractivity contribution is 6.15. The van der Waals surface area contributed by atoms with E-state index in [9.17, 15) is 10.5 Å². The van der Waals surface area contributed by atoms with Gasteiger partial charge in [-0.05, 0) is 67.3 Å². The molecule has 0 aliphatic carbocycles. The molecule has 0 aromatic heterocycles. The third-order valence-corrected chi connectivity index (χ3v) is 8.38. The minimum atomic E-state index is 0.354. The maximum absolute atomic E-state index is 10.6. The normalized spacial score (nSPS) is 10.6. The largest absolute Gasteiger partial charge is 0.192 e. The van der Waals surface area contributed by atoms with Crippen molar-refractivity contribution in [2.45, 2.75) is 0 Å². The van der Waals surface area contributed by atoms with Gasteiger partial charge in [-0.2, -0.15) is 10.5 Å². The van der Waals surface area contributed by atoms with Gasteiger partial charge in [0.1, 0.15) is 12.1 Å². The van der Waals surface area contributed by atoms with Crippen LogP contribution in [-0.4, -0.2) is 0 Å². The van der Waals surface area contributed by atoms with Crippen LogP contribution in [0.4, 0.5) is 0 Å². The summed E-state index contributed by atoms with van der Waals surface area (Å²) in [6.07, 6.45) is 0. The Morgan fingerprint density at radius 2 is 0.587 bits per heavy atom. The summed E-state index contributed by atoms with van der Waals surface area (Å²) in [5, 5.41) is 20.8. The summed E-state index contributed by atoms with van der Waals surface area (Å²) in [5.74, 6) is 0. The topological polar surface area (TPSA) is 47.6 Å². The van der Waals surface area contributed by atoms with Gasteiger partial charge in [0, 0.05) is 5.56 Å². The molecule has 7 aromatic carbocycles. The summed E-state index contributed by atoms with van der Waals surface area (Å²) in [6.45, 7) is 0. The number of nitrogens with zero attached hydrogens (tertiary/aromatic N) is 2. The monoisotopic (exact) mass is 584 g/mol. The SMILES string of the molecule is N#Cc1cccc(-c2c(-c3ccccc3)c(-c3ccccc3)c(-c3ccccc3)c(-c3ccccc3)c2-c2ccccc2)c1C#N. The summed E-state index contributed by atoms with van der Waals surface area (Å²) < 4.78 is 0. The lowest BCUT2D eigenvalue weighted by Crippen LogP contribution is -2.03. The molecule has 2 nitrogen and oxygen atoms in total. The van der Waals surface area contributed by atoms with Crippen molar-refractivity contribution in [2.24, 2.45) is 0 Å². The van der Waals surface area contributed by atoms with Gasteiger partial charge >= 0.3 is 0 Å². The smallest absolute Gasteiger partial charge is 0.101 e. The number of hydrogen-bond donors (Lipinski definition) is 0. The Kier molecular flexibility index (Phi) is 7.77. The first-order chi connectivity index (χ1) is 22.8. The van der Waals surface area contributed by atoms with Gasteiger partial charge in [0.25, 0.3) is 0 Å². The minimum absolute atomic E-state index is 0.354. The predicted octanol–water partition coefficient (Wildman–Crippen LogP) is 11.4. The van der Waals surface area contributed by atoms with E-state index in [-0.39, 0.29) is 0 Å². The molecule has 0 fully saturated rings. The second-order valence-electron chi connectivity index (χ2n) is 11.0. The van der Waals surface area contributed by atoms with Gasteiger partial charge in [0.15, 0.2) is 0 Å². The van der Waals surface area contributed by atoms with Crippen LogP contribution >= 0.6 is 0 Å². The standard InChI is InChI=1S/C44H28N2/c45-29-36-27-16-28-37(38(36)30-46)44-42(34-23-12-4-13-24-34)40(32-19-8-2-9-20-32)39(31-17-6-1-7-18-31)41(33-21-10-3-11-22-33)43(44)35-25-14-5-15-26-35/h1-28H. The van der Waals surface area contributed by atoms with Crippen LogP contribution in [0.5, 0.6) is 0 Å². The fraction of sp³-hybridized carbons (Fsp3) is 0. The summed E-state index contributed by atoms with van der Waals surface area (Å²) >= 11 is 0. The fourth-order valence-electron chi connectivity index (χ4n) is 6.46. The van der Waals surface area contributed by atoms with Crippen LogP contribution in [0.15, 0.2) is 170 Å². The van der Waals surface area contributed by atoms with Gasteiger partial charge in [-0.15, -0.1) is 0 Å². The van der Waals surface area contributed by atoms with Crippen LogP contribution < -0.4 is 0 Å². The molecule has 0 amide bonds. The molecule has 0 spiro atoms. The predicted molar refractivity (Wildman–Crippen MR) is 188 cm³/mol. The first-order valence-electron chi connectivity index (χ1n) is 15.2. The first-order valence-corrected chi connectivity index (χ1v) is 15.2. The molecule has 0 radical (unpaired) electrons. The molecule has 0 bridgehead atoms. The molecule has 7 rings (SSSR count). The van der Waals surface area contributed by atoms with Crippen LogP contribution in [0.2, 0.25) is 0 Å². The van der Waals surface area contributed by atoms with Crippen LogP contribution in [-0.2, 0) is 0 Å². The highest BCUT2D eigenvalue weighted by Crippen LogP contribution is 2.56. The van der Waals surface area contributed by atoms with E-state index in [1.807, 2.05) is 42.5 Å². The molecule has 0 saturated carbocycles. The number of rotatable bonds is 6. The Morgan fingerprint density at radius 3 is 0.870 bits per heavy atom. The van der Waals surface area contributed by atoms with E-state index in [2.05, 4.69) is 133 Å². The van der Waals surface area contributed by atoms with E-state index in [4.69, 9.17) is 0 Å². The summed E-state index contributed by atoms with van der Waals surface area (Å²) in [5.41, 5.74) is 12.9. The average molecular weight is 585 g/mol. The zero-order valence-electron chi connectivity index (χ0n) is 25.1. The molecule has 7 aromatic rings. The van der Waals surface area contributed by atoms with E-state index in [0.29, 0.717) is 11.1 Å². The summed E-state index contributed by atoms with van der Waals surface area (Å²) in [4.78, 5) is 0. The molecule has 46 heavy (non-hydrogen) atoms. The van der Waals surface area contributed by atoms with Gasteiger partial charge in [-0.1, -0.05) is 164 Å². The fourth-order valence-corrected chi connectivity index (χ4v) is 6.46. The molecule has 0 heterocycles. The Balaban J connectivity index is 1.86. The van der Waals surface area contributed by atoms with Crippen LogP contribution in [0.3, 0.4) is 0 Å². The molecule has 0 N–H and O–H groups in total. The lowest BCUT2D eigenvalue weighted by molar-refractivity contribution is 1.42. The van der Waals surface area contributed by atoms with Crippen LogP contribution in [0, 0.1) is 22.7 Å². The van der Waals surface area contributed by atoms with Crippen molar-refractivity contribution in [1.29, 1.82) is 10.5 Å². The number of benzene rings is 7. The van der Waals surface area contributed by atoms with Gasteiger partial charge in [-0.3, -0.25) is 0 Å². The zero-order valence-corrected chi connectivity index (χ0v) is 25.1. The van der Waals surface area contributed by atoms with Crippen molar-refractivity contribution in [2.75, 3.05) is 0 Å². The Bertz CT molecular complexity index is 2120. The number of hydrogen-bond acceptors (Lipinski definition) is 2. The summed E-state index contributed by atoms with van der Waals surface area (Å²) in [7, 11) is 0. The van der Waals surface area contributed by atoms with E-state index >= 15 is 0 Å². The molecule has 0 atom stereocenters. The van der Waals surface area contributed by atoms with E-state index in [1.165, 1.54) is 0 Å². The van der Waals surface area contributed by atoms with Gasteiger partial charge in [0.2, 0.25) is 0 Å². The maximum atomic E-state index is 10.6. The molecule has 0 saturated heterocycles. The highest BCUT2D eigenvalue weighted by Gasteiger charge is 2.30. The first kappa shape index (κ1) is 28.3. The lowest BCUT2D eigenvalue weighted by atomic mass is 9.73. The van der Waals surface area contributed by atoms with Gasteiger partial charge < -0.3 is 0 Å². The quantitative estimate of drug-likeness (QED) is 0.195. The van der Waals surface area contributed by atoms with E-state index in [1.54, 1.807) is 6.07 Å². The Labute approximate surface area is 269 Å². The molecular weight excluding hydrogens is 556 g/mol. The van der Waals surface area contributed by atoms with E-state index < -0.39 is 0 Å². The molecule has 0 unspecified atom stereocenters.